The number of amides is 2. The number of likely N-dealkylation sites (tertiary alicyclic amines) is 1. The summed E-state index contributed by atoms with van der Waals surface area (Å²) in [5.41, 5.74) is 7.92. The molecule has 7 heteroatoms. The average molecular weight is 404 g/mol. The predicted molar refractivity (Wildman–Crippen MR) is 109 cm³/mol. The van der Waals surface area contributed by atoms with E-state index in [1.807, 2.05) is 25.1 Å². The van der Waals surface area contributed by atoms with E-state index in [0.29, 0.717) is 34.7 Å². The minimum Gasteiger partial charge on any atom is -0.371 e. The van der Waals surface area contributed by atoms with Gasteiger partial charge >= 0.3 is 0 Å². The Hall–Kier alpha value is -2.98. The largest absolute Gasteiger partial charge is 0.371 e. The van der Waals surface area contributed by atoms with Crippen LogP contribution >= 0.6 is 0 Å². The molecular weight excluding hydrogens is 380 g/mol. The van der Waals surface area contributed by atoms with Crippen molar-refractivity contribution in [2.45, 2.75) is 56.7 Å². The number of rotatable bonds is 6. The molecule has 3 fully saturated rings. The molecule has 2 saturated carbocycles. The minimum atomic E-state index is -0.548. The lowest BCUT2D eigenvalue weighted by molar-refractivity contribution is -0.131. The number of fused-ring (bicyclic) bond motifs is 2. The highest BCUT2D eigenvalue weighted by Crippen LogP contribution is 2.50. The molecule has 3 atom stereocenters. The van der Waals surface area contributed by atoms with Gasteiger partial charge in [0.1, 0.15) is 6.04 Å². The summed E-state index contributed by atoms with van der Waals surface area (Å²) >= 11 is 0. The van der Waals surface area contributed by atoms with Crippen LogP contribution in [-0.4, -0.2) is 40.4 Å². The molecule has 1 saturated heterocycles. The second kappa shape index (κ2) is 6.78. The van der Waals surface area contributed by atoms with Gasteiger partial charge < -0.3 is 15.4 Å². The molecule has 1 aliphatic heterocycles. The van der Waals surface area contributed by atoms with E-state index in [4.69, 9.17) is 10.5 Å². The lowest BCUT2D eigenvalue weighted by atomic mass is 10.00. The van der Waals surface area contributed by atoms with Crippen molar-refractivity contribution in [2.24, 2.45) is 11.7 Å². The van der Waals surface area contributed by atoms with Crippen molar-refractivity contribution in [3.05, 3.63) is 41.1 Å². The van der Waals surface area contributed by atoms with Crippen molar-refractivity contribution in [3.63, 3.8) is 0 Å². The van der Waals surface area contributed by atoms with Gasteiger partial charge in [-0.05, 0) is 62.3 Å². The van der Waals surface area contributed by atoms with Crippen molar-refractivity contribution < 1.29 is 14.3 Å². The Kier molecular flexibility index (Phi) is 4.30. The van der Waals surface area contributed by atoms with E-state index in [0.717, 1.165) is 31.2 Å². The molecule has 1 aromatic heterocycles. The molecule has 3 aliphatic rings. The van der Waals surface area contributed by atoms with Crippen LogP contribution in [0.25, 0.3) is 10.9 Å². The molecule has 0 spiro atoms. The molecule has 0 unspecified atom stereocenters. The van der Waals surface area contributed by atoms with Gasteiger partial charge in [0.05, 0.1) is 34.9 Å². The minimum absolute atomic E-state index is 0.0578. The Bertz CT molecular complexity index is 1100. The lowest BCUT2D eigenvalue weighted by Crippen LogP contribution is -2.38. The Morgan fingerprint density at radius 1 is 1.33 bits per heavy atom. The maximum absolute atomic E-state index is 12.9. The molecule has 2 aromatic rings. The van der Waals surface area contributed by atoms with Gasteiger partial charge in [0.2, 0.25) is 11.8 Å². The van der Waals surface area contributed by atoms with Crippen molar-refractivity contribution in [1.29, 1.82) is 5.26 Å². The third-order valence-corrected chi connectivity index (χ3v) is 6.65. The summed E-state index contributed by atoms with van der Waals surface area (Å²) in [4.78, 5) is 31.4. The van der Waals surface area contributed by atoms with Crippen molar-refractivity contribution in [3.8, 4) is 6.07 Å². The highest BCUT2D eigenvalue weighted by molar-refractivity contribution is 6.05. The van der Waals surface area contributed by atoms with Crippen LogP contribution in [0.5, 0.6) is 0 Å². The number of hydrogen-bond donors (Lipinski definition) is 1. The van der Waals surface area contributed by atoms with Gasteiger partial charge in [-0.1, -0.05) is 6.07 Å². The molecule has 30 heavy (non-hydrogen) atoms. The zero-order chi connectivity index (χ0) is 21.0. The Morgan fingerprint density at radius 2 is 2.13 bits per heavy atom. The van der Waals surface area contributed by atoms with Crippen molar-refractivity contribution >= 4 is 22.7 Å². The smallest absolute Gasteiger partial charge is 0.249 e. The summed E-state index contributed by atoms with van der Waals surface area (Å²) < 4.78 is 5.93. The van der Waals surface area contributed by atoms with E-state index in [1.54, 1.807) is 11.0 Å². The van der Waals surface area contributed by atoms with E-state index < -0.39 is 5.91 Å². The zero-order valence-electron chi connectivity index (χ0n) is 16.9. The van der Waals surface area contributed by atoms with E-state index in [9.17, 15) is 14.9 Å². The van der Waals surface area contributed by atoms with Crippen LogP contribution in [0.1, 0.15) is 54.2 Å². The first-order chi connectivity index (χ1) is 14.5. The van der Waals surface area contributed by atoms with Crippen LogP contribution < -0.4 is 5.73 Å². The van der Waals surface area contributed by atoms with Gasteiger partial charge in [0.15, 0.2) is 0 Å². The summed E-state index contributed by atoms with van der Waals surface area (Å²) in [7, 11) is 0. The quantitative estimate of drug-likeness (QED) is 0.795. The number of aromatic nitrogens is 1. The van der Waals surface area contributed by atoms with Gasteiger partial charge in [-0.25, -0.2) is 0 Å². The molecule has 2 amide bonds. The molecule has 2 heterocycles. The summed E-state index contributed by atoms with van der Waals surface area (Å²) in [5.74, 6) is -0.200. The first kappa shape index (κ1) is 19.0. The number of hydrogen-bond acceptors (Lipinski definition) is 5. The van der Waals surface area contributed by atoms with Crippen LogP contribution in [0.15, 0.2) is 24.3 Å². The lowest BCUT2D eigenvalue weighted by Gasteiger charge is -2.22. The van der Waals surface area contributed by atoms with Crippen molar-refractivity contribution in [1.82, 2.24) is 9.88 Å². The van der Waals surface area contributed by atoms with Gasteiger partial charge in [-0.15, -0.1) is 0 Å². The first-order valence-corrected chi connectivity index (χ1v) is 10.5. The number of pyridine rings is 1. The Morgan fingerprint density at radius 3 is 2.80 bits per heavy atom. The summed E-state index contributed by atoms with van der Waals surface area (Å²) in [6.07, 6.45) is 3.70. The fourth-order valence-corrected chi connectivity index (χ4v) is 4.94. The normalized spacial score (nSPS) is 25.6. The SMILES string of the molecule is CCOC1(c2ccc3nc(CC(=O)N4[C@H](C#N)C[C@@H]5C[C@@H]54)cc(C(N)=O)c3c2)CC1. The number of nitrogens with two attached hydrogens (primary N) is 1. The van der Waals surface area contributed by atoms with E-state index in [2.05, 4.69) is 11.1 Å². The molecule has 0 radical (unpaired) electrons. The molecule has 1 aromatic carbocycles. The summed E-state index contributed by atoms with van der Waals surface area (Å²) in [5, 5.41) is 10.0. The van der Waals surface area contributed by atoms with E-state index in [1.165, 1.54) is 0 Å². The number of ether oxygens (including phenoxy) is 1. The highest BCUT2D eigenvalue weighted by atomic mass is 16.5. The number of nitriles is 1. The second-order valence-corrected chi connectivity index (χ2v) is 8.61. The van der Waals surface area contributed by atoms with Crippen LogP contribution in [0.2, 0.25) is 0 Å². The van der Waals surface area contributed by atoms with Crippen LogP contribution in [0.4, 0.5) is 0 Å². The fourth-order valence-electron chi connectivity index (χ4n) is 4.94. The molecule has 0 bridgehead atoms. The first-order valence-electron chi connectivity index (χ1n) is 10.5. The predicted octanol–water partition coefficient (Wildman–Crippen LogP) is 2.41. The fraction of sp³-hybridized carbons (Fsp3) is 0.478. The number of piperidine rings is 1. The molecule has 2 aliphatic carbocycles. The standard InChI is InChI=1S/C23H24N4O3/c1-2-30-23(5-6-23)14-3-4-19-17(9-14)18(22(25)29)10-15(26-19)11-21(28)27-16(12-24)7-13-8-20(13)27/h3-4,9-10,13,16,20H,2,5-8,11H2,1H3,(H2,25,29)/t13-,16+,20+/m1/s1. The monoisotopic (exact) mass is 404 g/mol. The van der Waals surface area contributed by atoms with Crippen LogP contribution in [0, 0.1) is 17.2 Å². The Balaban J connectivity index is 1.47. The molecule has 154 valence electrons. The van der Waals surface area contributed by atoms with Crippen molar-refractivity contribution in [2.75, 3.05) is 6.61 Å². The highest BCUT2D eigenvalue weighted by Gasteiger charge is 2.54. The third-order valence-electron chi connectivity index (χ3n) is 6.65. The zero-order valence-corrected chi connectivity index (χ0v) is 16.9. The van der Waals surface area contributed by atoms with E-state index in [-0.39, 0.29) is 30.0 Å². The molecule has 7 nitrogen and oxygen atoms in total. The number of carbonyl (C=O) groups excluding carboxylic acids is 2. The topological polar surface area (TPSA) is 109 Å². The number of benzene rings is 1. The van der Waals surface area contributed by atoms with Gasteiger partial charge in [0, 0.05) is 18.0 Å². The van der Waals surface area contributed by atoms with Gasteiger partial charge in [-0.2, -0.15) is 5.26 Å². The van der Waals surface area contributed by atoms with Crippen LogP contribution in [0.3, 0.4) is 0 Å². The molecule has 5 rings (SSSR count). The van der Waals surface area contributed by atoms with E-state index >= 15 is 0 Å². The number of carbonyl (C=O) groups is 2. The number of primary amides is 1. The summed E-state index contributed by atoms with van der Waals surface area (Å²) in [6, 6.07) is 9.48. The van der Waals surface area contributed by atoms with Gasteiger partial charge in [0.25, 0.3) is 0 Å². The maximum atomic E-state index is 12.9. The molecular formula is C23H24N4O3. The summed E-state index contributed by atoms with van der Waals surface area (Å²) in [6.45, 7) is 2.60. The number of nitrogens with zero attached hydrogens (tertiary/aromatic N) is 3. The van der Waals surface area contributed by atoms with Crippen LogP contribution in [-0.2, 0) is 21.6 Å². The average Bonchev–Trinajstić information content (AvgIpc) is 3.65. The second-order valence-electron chi connectivity index (χ2n) is 8.61. The Labute approximate surface area is 174 Å². The third kappa shape index (κ3) is 3.03. The van der Waals surface area contributed by atoms with Gasteiger partial charge in [-0.3, -0.25) is 14.6 Å². The maximum Gasteiger partial charge on any atom is 0.249 e. The molecule has 2 N–H and O–H groups in total.